The summed E-state index contributed by atoms with van der Waals surface area (Å²) in [6, 6.07) is 9.15. The molecule has 0 fully saturated rings. The van der Waals surface area contributed by atoms with E-state index >= 15 is 0 Å². The minimum atomic E-state index is -0.255. The average molecular weight is 280 g/mol. The topological polar surface area (TPSA) is 26.3 Å². The van der Waals surface area contributed by atoms with E-state index in [0.717, 1.165) is 24.8 Å². The first-order valence-electron chi connectivity index (χ1n) is 7.57. The summed E-state index contributed by atoms with van der Waals surface area (Å²) in [4.78, 5) is 12.0. The molecule has 0 aromatic heterocycles. The Labute approximate surface area is 125 Å². The van der Waals surface area contributed by atoms with Gasteiger partial charge in [-0.3, -0.25) is 0 Å². The summed E-state index contributed by atoms with van der Waals surface area (Å²) in [5.41, 5.74) is 1.72. The van der Waals surface area contributed by atoms with Gasteiger partial charge in [-0.1, -0.05) is 48.6 Å². The van der Waals surface area contributed by atoms with E-state index in [-0.39, 0.29) is 5.97 Å². The van der Waals surface area contributed by atoms with Gasteiger partial charge in [0.25, 0.3) is 0 Å². The van der Waals surface area contributed by atoms with Crippen LogP contribution >= 0.6 is 0 Å². The molecule has 3 rings (SSSR count). The second-order valence-electron chi connectivity index (χ2n) is 5.69. The first-order valence-corrected chi connectivity index (χ1v) is 7.57. The van der Waals surface area contributed by atoms with Gasteiger partial charge >= 0.3 is 5.97 Å². The number of rotatable bonds is 3. The molecule has 2 heteroatoms. The van der Waals surface area contributed by atoms with Crippen molar-refractivity contribution in [1.82, 2.24) is 0 Å². The van der Waals surface area contributed by atoms with Crippen molar-refractivity contribution in [3.8, 4) is 0 Å². The molecule has 0 saturated carbocycles. The zero-order valence-electron chi connectivity index (χ0n) is 12.1. The maximum Gasteiger partial charge on any atom is 0.338 e. The maximum absolute atomic E-state index is 12.0. The Balaban J connectivity index is 1.63. The summed E-state index contributed by atoms with van der Waals surface area (Å²) in [7, 11) is 0. The van der Waals surface area contributed by atoms with Crippen molar-refractivity contribution in [3.63, 3.8) is 0 Å². The van der Waals surface area contributed by atoms with Crippen molar-refractivity contribution in [3.05, 3.63) is 71.8 Å². The van der Waals surface area contributed by atoms with Crippen LogP contribution in [0.1, 0.15) is 29.6 Å². The van der Waals surface area contributed by atoms with Crippen LogP contribution in [0.2, 0.25) is 0 Å². The van der Waals surface area contributed by atoms with Crippen LogP contribution in [0.15, 0.2) is 66.3 Å². The zero-order valence-corrected chi connectivity index (χ0v) is 12.1. The van der Waals surface area contributed by atoms with Crippen LogP contribution < -0.4 is 0 Å². The molecule has 0 unspecified atom stereocenters. The summed E-state index contributed by atoms with van der Waals surface area (Å²) in [6.45, 7) is 0.358. The second-order valence-corrected chi connectivity index (χ2v) is 5.69. The van der Waals surface area contributed by atoms with Crippen molar-refractivity contribution < 1.29 is 9.53 Å². The smallest absolute Gasteiger partial charge is 0.338 e. The molecule has 2 aliphatic carbocycles. The summed E-state index contributed by atoms with van der Waals surface area (Å²) < 4.78 is 5.43. The first kappa shape index (κ1) is 13.9. The molecular weight excluding hydrogens is 260 g/mol. The molecule has 0 amide bonds. The highest BCUT2D eigenvalue weighted by Crippen LogP contribution is 2.32. The van der Waals surface area contributed by atoms with E-state index in [2.05, 4.69) is 30.4 Å². The normalized spacial score (nSPS) is 23.9. The van der Waals surface area contributed by atoms with Crippen molar-refractivity contribution in [2.24, 2.45) is 11.8 Å². The maximum atomic E-state index is 12.0. The molecule has 2 nitrogen and oxygen atoms in total. The van der Waals surface area contributed by atoms with Gasteiger partial charge in [-0.05, 0) is 48.8 Å². The van der Waals surface area contributed by atoms with Crippen molar-refractivity contribution >= 4 is 5.97 Å². The first-order chi connectivity index (χ1) is 10.3. The summed E-state index contributed by atoms with van der Waals surface area (Å²) in [6.07, 6.45) is 14.5. The molecule has 0 N–H and O–H groups in total. The number of fused-ring (bicyclic) bond motifs is 1. The number of allylic oxidation sites excluding steroid dienone is 4. The molecule has 0 radical (unpaired) electrons. The lowest BCUT2D eigenvalue weighted by Crippen LogP contribution is -2.14. The molecule has 1 aromatic rings. The van der Waals surface area contributed by atoms with Gasteiger partial charge in [-0.15, -0.1) is 0 Å². The van der Waals surface area contributed by atoms with Crippen LogP contribution in [0.3, 0.4) is 0 Å². The van der Waals surface area contributed by atoms with Crippen molar-refractivity contribution in [1.29, 1.82) is 0 Å². The Kier molecular flexibility index (Phi) is 4.34. The highest BCUT2D eigenvalue weighted by Gasteiger charge is 2.21. The molecule has 0 bridgehead atoms. The molecule has 1 aromatic carbocycles. The third-order valence-corrected chi connectivity index (χ3v) is 4.20. The van der Waals surface area contributed by atoms with Crippen LogP contribution in [-0.4, -0.2) is 12.6 Å². The minimum Gasteiger partial charge on any atom is -0.457 e. The largest absolute Gasteiger partial charge is 0.457 e. The van der Waals surface area contributed by atoms with Crippen LogP contribution in [0.4, 0.5) is 0 Å². The van der Waals surface area contributed by atoms with Gasteiger partial charge in [0.2, 0.25) is 0 Å². The third kappa shape index (κ3) is 3.52. The van der Waals surface area contributed by atoms with E-state index in [1.807, 2.05) is 18.2 Å². The van der Waals surface area contributed by atoms with Crippen molar-refractivity contribution in [2.75, 3.05) is 6.61 Å². The summed E-state index contributed by atoms with van der Waals surface area (Å²) in [5, 5.41) is 0. The van der Waals surface area contributed by atoms with E-state index < -0.39 is 0 Å². The third-order valence-electron chi connectivity index (χ3n) is 4.20. The molecule has 21 heavy (non-hydrogen) atoms. The van der Waals surface area contributed by atoms with E-state index in [4.69, 9.17) is 4.74 Å². The number of ether oxygens (including phenoxy) is 1. The van der Waals surface area contributed by atoms with E-state index in [0.29, 0.717) is 24.0 Å². The Morgan fingerprint density at radius 3 is 2.67 bits per heavy atom. The highest BCUT2D eigenvalue weighted by molar-refractivity contribution is 5.89. The predicted octanol–water partition coefficient (Wildman–Crippen LogP) is 4.31. The van der Waals surface area contributed by atoms with Crippen LogP contribution in [0.5, 0.6) is 0 Å². The Hall–Kier alpha value is -2.09. The number of hydrogen-bond donors (Lipinski definition) is 0. The van der Waals surface area contributed by atoms with Crippen molar-refractivity contribution in [2.45, 2.75) is 19.3 Å². The molecule has 0 heterocycles. The van der Waals surface area contributed by atoms with Crippen LogP contribution in [0.25, 0.3) is 0 Å². The lowest BCUT2D eigenvalue weighted by Gasteiger charge is -2.24. The Morgan fingerprint density at radius 2 is 1.81 bits per heavy atom. The highest BCUT2D eigenvalue weighted by atomic mass is 16.5. The van der Waals surface area contributed by atoms with Crippen LogP contribution in [-0.2, 0) is 4.74 Å². The number of carbonyl (C=O) groups is 1. The SMILES string of the molecule is O=C(OCC1=C[C@@H]2CC=CC[C@@H]2CC=C1)c1ccccc1. The Morgan fingerprint density at radius 1 is 1.05 bits per heavy atom. The molecule has 0 spiro atoms. The quantitative estimate of drug-likeness (QED) is 0.609. The lowest BCUT2D eigenvalue weighted by molar-refractivity contribution is 0.0542. The van der Waals surface area contributed by atoms with Gasteiger partial charge in [-0.2, -0.15) is 0 Å². The lowest BCUT2D eigenvalue weighted by atomic mass is 9.81. The molecule has 2 aliphatic rings. The molecule has 108 valence electrons. The minimum absolute atomic E-state index is 0.255. The van der Waals surface area contributed by atoms with E-state index in [1.165, 1.54) is 0 Å². The van der Waals surface area contributed by atoms with Crippen LogP contribution in [0, 0.1) is 11.8 Å². The predicted molar refractivity (Wildman–Crippen MR) is 83.9 cm³/mol. The summed E-state index contributed by atoms with van der Waals surface area (Å²) in [5.74, 6) is 1.03. The number of esters is 1. The standard InChI is InChI=1S/C19H20O2/c20-19(17-9-2-1-3-10-17)21-14-15-7-6-12-16-8-4-5-11-18(16)13-15/h1-7,9-10,13,16,18H,8,11-12,14H2/t16-,18+/m1/s1. The molecule has 2 atom stereocenters. The fourth-order valence-corrected chi connectivity index (χ4v) is 2.99. The van der Waals surface area contributed by atoms with Gasteiger partial charge in [-0.25, -0.2) is 4.79 Å². The number of benzene rings is 1. The van der Waals surface area contributed by atoms with Gasteiger partial charge in [0.05, 0.1) is 5.56 Å². The second kappa shape index (κ2) is 6.57. The fourth-order valence-electron chi connectivity index (χ4n) is 2.99. The zero-order chi connectivity index (χ0) is 14.5. The fraction of sp³-hybridized carbons (Fsp3) is 0.316. The van der Waals surface area contributed by atoms with E-state index in [1.54, 1.807) is 12.1 Å². The van der Waals surface area contributed by atoms with Gasteiger partial charge in [0.1, 0.15) is 6.61 Å². The molecule has 0 saturated heterocycles. The average Bonchev–Trinajstić information content (AvgIpc) is 2.75. The molecular formula is C19H20O2. The monoisotopic (exact) mass is 280 g/mol. The van der Waals surface area contributed by atoms with Gasteiger partial charge < -0.3 is 4.74 Å². The van der Waals surface area contributed by atoms with E-state index in [9.17, 15) is 4.79 Å². The molecule has 0 aliphatic heterocycles. The Bertz CT molecular complexity index is 581. The number of hydrogen-bond acceptors (Lipinski definition) is 2. The van der Waals surface area contributed by atoms with Gasteiger partial charge in [0.15, 0.2) is 0 Å². The summed E-state index contributed by atoms with van der Waals surface area (Å²) >= 11 is 0. The van der Waals surface area contributed by atoms with Gasteiger partial charge in [0, 0.05) is 0 Å². The number of carbonyl (C=O) groups excluding carboxylic acids is 1.